The highest BCUT2D eigenvalue weighted by molar-refractivity contribution is 9.10. The van der Waals surface area contributed by atoms with Crippen LogP contribution < -0.4 is 0 Å². The first-order valence-electron chi connectivity index (χ1n) is 5.16. The lowest BCUT2D eigenvalue weighted by molar-refractivity contribution is -0.141. The van der Waals surface area contributed by atoms with Gasteiger partial charge < -0.3 is 5.11 Å². The van der Waals surface area contributed by atoms with Crippen molar-refractivity contribution in [2.45, 2.75) is 6.18 Å². The minimum absolute atomic E-state index is 0.369. The number of hydrogen-bond acceptors (Lipinski definition) is 2. The van der Waals surface area contributed by atoms with Crippen molar-refractivity contribution in [2.75, 3.05) is 0 Å². The van der Waals surface area contributed by atoms with Gasteiger partial charge in [0.1, 0.15) is 11.5 Å². The quantitative estimate of drug-likeness (QED) is 0.753. The van der Waals surface area contributed by atoms with E-state index in [0.717, 1.165) is 6.07 Å². The van der Waals surface area contributed by atoms with Gasteiger partial charge in [0.2, 0.25) is 0 Å². The Balaban J connectivity index is 2.66. The maximum absolute atomic E-state index is 13.8. The van der Waals surface area contributed by atoms with E-state index in [1.54, 1.807) is 5.10 Å². The fraction of sp³-hybridized carbons (Fsp3) is 0.0909. The van der Waals surface area contributed by atoms with E-state index < -0.39 is 45.0 Å². The summed E-state index contributed by atoms with van der Waals surface area (Å²) in [4.78, 5) is 10.9. The first-order valence-corrected chi connectivity index (χ1v) is 6.33. The third-order valence-electron chi connectivity index (χ3n) is 2.53. The van der Waals surface area contributed by atoms with Crippen LogP contribution in [0.15, 0.2) is 16.6 Å². The van der Waals surface area contributed by atoms with Gasteiger partial charge in [-0.2, -0.15) is 18.3 Å². The monoisotopic (exact) mass is 386 g/mol. The van der Waals surface area contributed by atoms with Gasteiger partial charge in [0, 0.05) is 5.56 Å². The molecule has 4 nitrogen and oxygen atoms in total. The predicted molar refractivity (Wildman–Crippen MR) is 68.7 cm³/mol. The van der Waals surface area contributed by atoms with E-state index in [0.29, 0.717) is 6.07 Å². The summed E-state index contributed by atoms with van der Waals surface area (Å²) in [5.74, 6) is -2.44. The van der Waals surface area contributed by atoms with Crippen molar-refractivity contribution in [2.24, 2.45) is 0 Å². The minimum atomic E-state index is -4.72. The number of halogens is 6. The SMILES string of the molecule is O=C(O)c1cc(-c2n[nH]c(C(F)(F)F)c2Br)c(F)cc1Cl. The Morgan fingerprint density at radius 1 is 1.38 bits per heavy atom. The molecule has 1 aromatic heterocycles. The van der Waals surface area contributed by atoms with Crippen LogP contribution in [0.2, 0.25) is 5.02 Å². The Kier molecular flexibility index (Phi) is 3.98. The number of nitrogens with one attached hydrogen (secondary N) is 1. The Morgan fingerprint density at radius 3 is 2.48 bits per heavy atom. The van der Waals surface area contributed by atoms with Gasteiger partial charge in [0.05, 0.1) is 15.1 Å². The lowest BCUT2D eigenvalue weighted by atomic mass is 10.1. The molecule has 2 N–H and O–H groups in total. The van der Waals surface area contributed by atoms with Gasteiger partial charge in [0.15, 0.2) is 5.69 Å². The van der Waals surface area contributed by atoms with E-state index in [1.165, 1.54) is 0 Å². The number of benzene rings is 1. The van der Waals surface area contributed by atoms with Gasteiger partial charge in [-0.3, -0.25) is 5.10 Å². The fourth-order valence-corrected chi connectivity index (χ4v) is 2.44. The third-order valence-corrected chi connectivity index (χ3v) is 3.62. The number of alkyl halides is 3. The molecule has 0 spiro atoms. The van der Waals surface area contributed by atoms with Crippen LogP contribution in [-0.2, 0) is 6.18 Å². The van der Waals surface area contributed by atoms with Gasteiger partial charge in [0.25, 0.3) is 0 Å². The fourth-order valence-electron chi connectivity index (χ4n) is 1.59. The number of carbonyl (C=O) groups is 1. The highest BCUT2D eigenvalue weighted by atomic mass is 79.9. The zero-order valence-corrected chi connectivity index (χ0v) is 12.1. The zero-order valence-electron chi connectivity index (χ0n) is 9.73. The topological polar surface area (TPSA) is 66.0 Å². The molecule has 0 aliphatic heterocycles. The number of aromatic amines is 1. The summed E-state index contributed by atoms with van der Waals surface area (Å²) in [5, 5.41) is 13.6. The summed E-state index contributed by atoms with van der Waals surface area (Å²) in [7, 11) is 0. The van der Waals surface area contributed by atoms with Crippen LogP contribution in [0.5, 0.6) is 0 Å². The number of aromatic carboxylic acids is 1. The molecule has 10 heteroatoms. The number of carboxylic acids is 1. The largest absolute Gasteiger partial charge is 0.478 e. The second-order valence-electron chi connectivity index (χ2n) is 3.88. The molecule has 0 aliphatic rings. The molecule has 0 saturated carbocycles. The Hall–Kier alpha value is -1.61. The Labute approximate surface area is 127 Å². The minimum Gasteiger partial charge on any atom is -0.478 e. The molecule has 1 heterocycles. The summed E-state index contributed by atoms with van der Waals surface area (Å²) in [6.45, 7) is 0. The maximum atomic E-state index is 13.8. The molecule has 0 unspecified atom stereocenters. The van der Waals surface area contributed by atoms with Crippen molar-refractivity contribution in [3.05, 3.63) is 38.7 Å². The smallest absolute Gasteiger partial charge is 0.433 e. The van der Waals surface area contributed by atoms with Crippen molar-refractivity contribution in [1.82, 2.24) is 10.2 Å². The van der Waals surface area contributed by atoms with Crippen molar-refractivity contribution in [3.8, 4) is 11.3 Å². The first kappa shape index (κ1) is 15.8. The Morgan fingerprint density at radius 2 is 2.00 bits per heavy atom. The second kappa shape index (κ2) is 5.30. The average Bonchev–Trinajstić information content (AvgIpc) is 2.70. The summed E-state index contributed by atoms with van der Waals surface area (Å²) >= 11 is 8.24. The molecule has 0 saturated heterocycles. The molecule has 0 amide bonds. The van der Waals surface area contributed by atoms with Crippen LogP contribution in [-0.4, -0.2) is 21.3 Å². The molecule has 1 aromatic carbocycles. The van der Waals surface area contributed by atoms with E-state index >= 15 is 0 Å². The molecule has 2 aromatic rings. The molecular weight excluding hydrogens is 383 g/mol. The van der Waals surface area contributed by atoms with E-state index in [2.05, 4.69) is 21.0 Å². The van der Waals surface area contributed by atoms with E-state index in [4.69, 9.17) is 16.7 Å². The van der Waals surface area contributed by atoms with Crippen molar-refractivity contribution < 1.29 is 27.5 Å². The van der Waals surface area contributed by atoms with Gasteiger partial charge in [-0.1, -0.05) is 11.6 Å². The van der Waals surface area contributed by atoms with Crippen LogP contribution in [0.3, 0.4) is 0 Å². The highest BCUT2D eigenvalue weighted by Gasteiger charge is 2.37. The van der Waals surface area contributed by atoms with E-state index in [1.807, 2.05) is 0 Å². The summed E-state index contributed by atoms with van der Waals surface area (Å²) in [6, 6.07) is 1.52. The van der Waals surface area contributed by atoms with Gasteiger partial charge >= 0.3 is 12.1 Å². The molecule has 0 aliphatic carbocycles. The predicted octanol–water partition coefficient (Wildman–Crippen LogP) is 4.35. The number of rotatable bonds is 2. The third kappa shape index (κ3) is 2.88. The van der Waals surface area contributed by atoms with Crippen LogP contribution >= 0.6 is 27.5 Å². The van der Waals surface area contributed by atoms with Crippen molar-refractivity contribution in [3.63, 3.8) is 0 Å². The molecule has 0 bridgehead atoms. The number of H-pyrrole nitrogens is 1. The van der Waals surface area contributed by atoms with Crippen molar-refractivity contribution in [1.29, 1.82) is 0 Å². The highest BCUT2D eigenvalue weighted by Crippen LogP contribution is 2.39. The van der Waals surface area contributed by atoms with Gasteiger partial charge in [-0.15, -0.1) is 0 Å². The number of nitrogens with zero attached hydrogens (tertiary/aromatic N) is 1. The lowest BCUT2D eigenvalue weighted by Gasteiger charge is -2.06. The molecule has 0 atom stereocenters. The summed E-state index contributed by atoms with van der Waals surface area (Å²) < 4.78 is 51.2. The number of aromatic nitrogens is 2. The standard InChI is InChI=1S/C11H4BrClF4N2O2/c12-7-8(18-19-9(7)11(15,16)17)4-1-3(10(20)21)5(13)2-6(4)14/h1-2H,(H,18,19)(H,20,21). The molecule has 2 rings (SSSR count). The Bertz CT molecular complexity index is 730. The molecular formula is C11H4BrClF4N2O2. The van der Waals surface area contributed by atoms with Crippen LogP contribution in [0, 0.1) is 5.82 Å². The van der Waals surface area contributed by atoms with Crippen LogP contribution in [0.1, 0.15) is 16.1 Å². The van der Waals surface area contributed by atoms with E-state index in [9.17, 15) is 22.4 Å². The van der Waals surface area contributed by atoms with E-state index in [-0.39, 0.29) is 5.02 Å². The second-order valence-corrected chi connectivity index (χ2v) is 5.08. The van der Waals surface area contributed by atoms with Crippen molar-refractivity contribution >= 4 is 33.5 Å². The average molecular weight is 388 g/mol. The van der Waals surface area contributed by atoms with Crippen LogP contribution in [0.4, 0.5) is 17.6 Å². The maximum Gasteiger partial charge on any atom is 0.433 e. The molecule has 112 valence electrons. The zero-order chi connectivity index (χ0) is 15.9. The first-order chi connectivity index (χ1) is 9.62. The van der Waals surface area contributed by atoms with Crippen LogP contribution in [0.25, 0.3) is 11.3 Å². The molecule has 0 fully saturated rings. The van der Waals surface area contributed by atoms with Gasteiger partial charge in [-0.05, 0) is 28.1 Å². The van der Waals surface area contributed by atoms with Gasteiger partial charge in [-0.25, -0.2) is 9.18 Å². The molecule has 21 heavy (non-hydrogen) atoms. The number of hydrogen-bond donors (Lipinski definition) is 2. The normalized spacial score (nSPS) is 11.7. The molecule has 0 radical (unpaired) electrons. The lowest BCUT2D eigenvalue weighted by Crippen LogP contribution is -2.06. The summed E-state index contributed by atoms with van der Waals surface area (Å²) in [6.07, 6.45) is -4.72. The summed E-state index contributed by atoms with van der Waals surface area (Å²) in [5.41, 5.74) is -2.48. The number of carboxylic acid groups (broad SMARTS) is 1.